The molecule has 2 aromatic carbocycles. The Balaban J connectivity index is 1.16. The zero-order valence-electron chi connectivity index (χ0n) is 24.3. The largest absolute Gasteiger partial charge is 0.377 e. The summed E-state index contributed by atoms with van der Waals surface area (Å²) in [7, 11) is 0. The summed E-state index contributed by atoms with van der Waals surface area (Å²) in [6.07, 6.45) is 12.1. The zero-order chi connectivity index (χ0) is 28.9. The van der Waals surface area contributed by atoms with Crippen LogP contribution in [-0.4, -0.2) is 62.1 Å². The maximum atomic E-state index is 14.2. The quantitative estimate of drug-likeness (QED) is 0.321. The Morgan fingerprint density at radius 2 is 1.81 bits per heavy atom. The van der Waals surface area contributed by atoms with Crippen LogP contribution in [0.25, 0.3) is 0 Å². The molecule has 3 N–H and O–H groups in total. The number of nitrogens with one attached hydrogen (secondary N) is 2. The first-order chi connectivity index (χ1) is 20.5. The predicted octanol–water partition coefficient (Wildman–Crippen LogP) is 4.35. The van der Waals surface area contributed by atoms with Gasteiger partial charge in [-0.05, 0) is 78.7 Å². The molecule has 1 aliphatic carbocycles. The van der Waals surface area contributed by atoms with Gasteiger partial charge in [0, 0.05) is 31.2 Å². The third kappa shape index (κ3) is 6.72. The highest BCUT2D eigenvalue weighted by molar-refractivity contribution is 6.30. The van der Waals surface area contributed by atoms with Crippen LogP contribution in [0.3, 0.4) is 0 Å². The van der Waals surface area contributed by atoms with Gasteiger partial charge in [-0.15, -0.1) is 0 Å². The van der Waals surface area contributed by atoms with Gasteiger partial charge in [-0.25, -0.2) is 4.98 Å². The number of nitrogens with zero attached hydrogens (tertiary/aromatic N) is 4. The first-order valence-corrected chi connectivity index (χ1v) is 16.0. The Hall–Kier alpha value is -2.78. The van der Waals surface area contributed by atoms with Gasteiger partial charge in [0.05, 0.1) is 12.1 Å². The molecule has 3 aromatic rings. The smallest absolute Gasteiger partial charge is 0.240 e. The van der Waals surface area contributed by atoms with Crippen LogP contribution < -0.4 is 10.6 Å². The molecule has 1 unspecified atom stereocenters. The highest BCUT2D eigenvalue weighted by Crippen LogP contribution is 2.47. The Morgan fingerprint density at radius 1 is 1.07 bits per heavy atom. The molecule has 2 fully saturated rings. The summed E-state index contributed by atoms with van der Waals surface area (Å²) in [5.74, 6) is 0.705. The number of aromatic nitrogens is 3. The second-order valence-corrected chi connectivity index (χ2v) is 13.0. The number of amides is 1. The number of rotatable bonds is 9. The fourth-order valence-corrected chi connectivity index (χ4v) is 7.66. The fourth-order valence-electron chi connectivity index (χ4n) is 7.54. The summed E-state index contributed by atoms with van der Waals surface area (Å²) < 4.78 is 1.99. The molecule has 3 heterocycles. The van der Waals surface area contributed by atoms with Gasteiger partial charge in [-0.3, -0.25) is 14.8 Å². The van der Waals surface area contributed by atoms with Crippen molar-refractivity contribution in [3.05, 3.63) is 82.9 Å². The predicted molar refractivity (Wildman–Crippen MR) is 164 cm³/mol. The van der Waals surface area contributed by atoms with Crippen molar-refractivity contribution in [1.82, 2.24) is 30.3 Å². The van der Waals surface area contributed by atoms with Crippen LogP contribution in [0.4, 0.5) is 0 Å². The summed E-state index contributed by atoms with van der Waals surface area (Å²) in [5, 5.41) is 23.3. The van der Waals surface area contributed by atoms with Crippen LogP contribution in [-0.2, 0) is 30.7 Å². The topological polar surface area (TPSA) is 95.3 Å². The van der Waals surface area contributed by atoms with E-state index in [1.165, 1.54) is 43.2 Å². The van der Waals surface area contributed by atoms with Gasteiger partial charge in [0.2, 0.25) is 5.91 Å². The van der Waals surface area contributed by atoms with Gasteiger partial charge >= 0.3 is 0 Å². The lowest BCUT2D eigenvalue weighted by Crippen LogP contribution is -2.59. The minimum Gasteiger partial charge on any atom is -0.377 e. The average Bonchev–Trinajstić information content (AvgIpc) is 3.55. The Labute approximate surface area is 253 Å². The maximum Gasteiger partial charge on any atom is 0.240 e. The standard InChI is InChI=1S/C33H43ClN6O2/c34-28-12-10-24(11-13-28)18-30(38-31(41)29-19-25-6-4-5-7-26(25)20-36-29)32(42)39-16-14-33(15-17-39,21-40-23-35-22-37-40)27-8-2-1-3-9-27/h4-7,10-13,22-23,27,29-31,36,38,41H,1-3,8-9,14-21H2/t29-,30-,31?/m1/s1. The molecule has 1 saturated heterocycles. The number of aliphatic hydroxyl groups is 1. The molecule has 8 nitrogen and oxygen atoms in total. The van der Waals surface area contributed by atoms with E-state index in [1.54, 1.807) is 6.33 Å². The molecule has 2 aliphatic heterocycles. The number of carbonyl (C=O) groups excluding carboxylic acids is 1. The van der Waals surface area contributed by atoms with E-state index < -0.39 is 12.3 Å². The van der Waals surface area contributed by atoms with Crippen molar-refractivity contribution >= 4 is 17.5 Å². The highest BCUT2D eigenvalue weighted by atomic mass is 35.5. The molecule has 0 radical (unpaired) electrons. The molecule has 0 bridgehead atoms. The Kier molecular flexibility index (Phi) is 9.24. The number of carbonyl (C=O) groups is 1. The molecule has 3 aliphatic rings. The molecule has 1 aromatic heterocycles. The number of aliphatic hydroxyl groups excluding tert-OH is 1. The zero-order valence-corrected chi connectivity index (χ0v) is 25.1. The first kappa shape index (κ1) is 29.3. The lowest BCUT2D eigenvalue weighted by molar-refractivity contribution is -0.138. The van der Waals surface area contributed by atoms with Gasteiger partial charge in [-0.1, -0.05) is 67.3 Å². The van der Waals surface area contributed by atoms with Crippen LogP contribution in [0.5, 0.6) is 0 Å². The normalized spacial score (nSPS) is 22.3. The Morgan fingerprint density at radius 3 is 2.52 bits per heavy atom. The second kappa shape index (κ2) is 13.2. The van der Waals surface area contributed by atoms with E-state index in [9.17, 15) is 9.90 Å². The van der Waals surface area contributed by atoms with Crippen LogP contribution >= 0.6 is 11.6 Å². The number of likely N-dealkylation sites (tertiary alicyclic amines) is 1. The van der Waals surface area contributed by atoms with Crippen LogP contribution in [0, 0.1) is 11.3 Å². The minimum atomic E-state index is -0.863. The summed E-state index contributed by atoms with van der Waals surface area (Å²) in [4.78, 5) is 20.4. The van der Waals surface area contributed by atoms with Crippen molar-refractivity contribution in [1.29, 1.82) is 0 Å². The van der Waals surface area contributed by atoms with Crippen molar-refractivity contribution in [2.24, 2.45) is 11.3 Å². The van der Waals surface area contributed by atoms with Crippen LogP contribution in [0.1, 0.15) is 61.6 Å². The van der Waals surface area contributed by atoms with E-state index in [2.05, 4.69) is 32.8 Å². The second-order valence-electron chi connectivity index (χ2n) is 12.6. The van der Waals surface area contributed by atoms with Crippen molar-refractivity contribution in [2.45, 2.75) is 89.2 Å². The van der Waals surface area contributed by atoms with Crippen molar-refractivity contribution < 1.29 is 9.90 Å². The molecule has 0 spiro atoms. The third-order valence-corrected chi connectivity index (χ3v) is 10.3. The molecule has 42 heavy (non-hydrogen) atoms. The maximum absolute atomic E-state index is 14.2. The van der Waals surface area contributed by atoms with Crippen molar-refractivity contribution in [3.63, 3.8) is 0 Å². The fraction of sp³-hybridized carbons (Fsp3) is 0.545. The van der Waals surface area contributed by atoms with E-state index >= 15 is 0 Å². The third-order valence-electron chi connectivity index (χ3n) is 10.0. The SMILES string of the molecule is O=C([C@@H](Cc1ccc(Cl)cc1)NC(O)[C@H]1Cc2ccccc2CN1)N1CCC(Cn2cncn2)(C2CCCCC2)CC1. The van der Waals surface area contributed by atoms with Gasteiger partial charge in [0.25, 0.3) is 0 Å². The summed E-state index contributed by atoms with van der Waals surface area (Å²) in [5.41, 5.74) is 3.64. The molecule has 9 heteroatoms. The molecular formula is C33H43ClN6O2. The molecule has 3 atom stereocenters. The molecule has 6 rings (SSSR count). The number of fused-ring (bicyclic) bond motifs is 1. The summed E-state index contributed by atoms with van der Waals surface area (Å²) >= 11 is 6.15. The van der Waals surface area contributed by atoms with Gasteiger partial charge in [0.15, 0.2) is 0 Å². The van der Waals surface area contributed by atoms with E-state index in [1.807, 2.05) is 52.3 Å². The van der Waals surface area contributed by atoms with E-state index in [0.717, 1.165) is 24.9 Å². The van der Waals surface area contributed by atoms with Crippen molar-refractivity contribution in [3.8, 4) is 0 Å². The van der Waals surface area contributed by atoms with Crippen molar-refractivity contribution in [2.75, 3.05) is 13.1 Å². The Bertz CT molecular complexity index is 1300. The molecule has 1 saturated carbocycles. The van der Waals surface area contributed by atoms with Gasteiger partial charge in [0.1, 0.15) is 18.9 Å². The molecular weight excluding hydrogens is 548 g/mol. The number of hydrogen-bond donors (Lipinski definition) is 3. The molecule has 1 amide bonds. The number of halogens is 1. The molecule has 224 valence electrons. The summed E-state index contributed by atoms with van der Waals surface area (Å²) in [6.45, 7) is 3.00. The highest BCUT2D eigenvalue weighted by Gasteiger charge is 2.44. The van der Waals surface area contributed by atoms with Gasteiger partial charge in [-0.2, -0.15) is 5.10 Å². The van der Waals surface area contributed by atoms with Crippen LogP contribution in [0.2, 0.25) is 5.02 Å². The lowest BCUT2D eigenvalue weighted by Gasteiger charge is -2.48. The minimum absolute atomic E-state index is 0.0539. The van der Waals surface area contributed by atoms with Crippen LogP contribution in [0.15, 0.2) is 61.2 Å². The number of hydrogen-bond acceptors (Lipinski definition) is 6. The monoisotopic (exact) mass is 590 g/mol. The first-order valence-electron chi connectivity index (χ1n) is 15.6. The van der Waals surface area contributed by atoms with E-state index in [0.29, 0.717) is 43.4 Å². The summed E-state index contributed by atoms with van der Waals surface area (Å²) in [6, 6.07) is 15.3. The van der Waals surface area contributed by atoms with Gasteiger partial charge < -0.3 is 15.3 Å². The number of benzene rings is 2. The lowest BCUT2D eigenvalue weighted by atomic mass is 9.63. The number of piperidine rings is 1. The van der Waals surface area contributed by atoms with E-state index in [4.69, 9.17) is 11.6 Å². The van der Waals surface area contributed by atoms with E-state index in [-0.39, 0.29) is 17.4 Å². The average molecular weight is 591 g/mol.